The van der Waals surface area contributed by atoms with E-state index in [1.54, 1.807) is 0 Å². The molecule has 1 unspecified atom stereocenters. The van der Waals surface area contributed by atoms with Crippen molar-refractivity contribution in [1.82, 2.24) is 0 Å². The maximum Gasteiger partial charge on any atom is 0.248 e. The molecule has 1 rings (SSSR count). The smallest absolute Gasteiger partial charge is 0.248 e. The van der Waals surface area contributed by atoms with Gasteiger partial charge in [-0.3, -0.25) is 4.79 Å². The van der Waals surface area contributed by atoms with Gasteiger partial charge in [-0.1, -0.05) is 15.9 Å². The number of carbonyl (C=O) groups is 1. The first-order chi connectivity index (χ1) is 6.43. The van der Waals surface area contributed by atoms with E-state index in [0.29, 0.717) is 4.47 Å². The summed E-state index contributed by atoms with van der Waals surface area (Å²) >= 11 is 3.06. The van der Waals surface area contributed by atoms with Gasteiger partial charge in [0.2, 0.25) is 5.91 Å². The van der Waals surface area contributed by atoms with Crippen LogP contribution in [-0.4, -0.2) is 11.0 Å². The Hall–Kier alpha value is -0.940. The number of nitrogens with two attached hydrogens (primary N) is 1. The fraction of sp³-hybridized carbons (Fsp3) is 0.222. The van der Waals surface area contributed by atoms with Gasteiger partial charge in [-0.25, -0.2) is 4.39 Å². The number of rotatable bonds is 2. The molecule has 0 bridgehead atoms. The SMILES string of the molecule is CC(O)c1c(F)cc(C(N)=O)cc1Br. The van der Waals surface area contributed by atoms with Crippen molar-refractivity contribution in [2.24, 2.45) is 5.73 Å². The highest BCUT2D eigenvalue weighted by molar-refractivity contribution is 9.10. The van der Waals surface area contributed by atoms with Gasteiger partial charge in [0, 0.05) is 15.6 Å². The van der Waals surface area contributed by atoms with Gasteiger partial charge in [0.15, 0.2) is 0 Å². The van der Waals surface area contributed by atoms with Crippen LogP contribution in [0.3, 0.4) is 0 Å². The molecule has 1 atom stereocenters. The van der Waals surface area contributed by atoms with Crippen molar-refractivity contribution < 1.29 is 14.3 Å². The Morgan fingerprint density at radius 1 is 1.64 bits per heavy atom. The van der Waals surface area contributed by atoms with Crippen molar-refractivity contribution in [3.8, 4) is 0 Å². The number of hydrogen-bond acceptors (Lipinski definition) is 2. The topological polar surface area (TPSA) is 63.3 Å². The van der Waals surface area contributed by atoms with Gasteiger partial charge in [0.25, 0.3) is 0 Å². The van der Waals surface area contributed by atoms with Crippen LogP contribution in [0.4, 0.5) is 4.39 Å². The molecule has 0 saturated carbocycles. The van der Waals surface area contributed by atoms with Crippen LogP contribution >= 0.6 is 15.9 Å². The lowest BCUT2D eigenvalue weighted by molar-refractivity contribution is 0.0999. The van der Waals surface area contributed by atoms with Crippen molar-refractivity contribution in [2.45, 2.75) is 13.0 Å². The summed E-state index contributed by atoms with van der Waals surface area (Å²) in [5.74, 6) is -1.36. The number of aliphatic hydroxyl groups is 1. The summed E-state index contributed by atoms with van der Waals surface area (Å²) in [7, 11) is 0. The van der Waals surface area contributed by atoms with Crippen LogP contribution in [0.5, 0.6) is 0 Å². The molecule has 0 aliphatic carbocycles. The van der Waals surface area contributed by atoms with E-state index in [9.17, 15) is 14.3 Å². The highest BCUT2D eigenvalue weighted by atomic mass is 79.9. The molecule has 0 saturated heterocycles. The average molecular weight is 262 g/mol. The Bertz CT molecular complexity index is 356. The van der Waals surface area contributed by atoms with Gasteiger partial charge in [-0.2, -0.15) is 0 Å². The molecule has 0 radical (unpaired) electrons. The molecular formula is C9H9BrFNO2. The molecule has 1 aromatic rings. The molecule has 0 heterocycles. The summed E-state index contributed by atoms with van der Waals surface area (Å²) < 4.78 is 13.7. The van der Waals surface area contributed by atoms with Crippen molar-refractivity contribution in [1.29, 1.82) is 0 Å². The molecule has 0 fully saturated rings. The molecule has 76 valence electrons. The van der Waals surface area contributed by atoms with E-state index < -0.39 is 17.8 Å². The van der Waals surface area contributed by atoms with E-state index in [2.05, 4.69) is 15.9 Å². The van der Waals surface area contributed by atoms with Crippen molar-refractivity contribution in [3.63, 3.8) is 0 Å². The Labute approximate surface area is 88.9 Å². The third kappa shape index (κ3) is 2.10. The van der Waals surface area contributed by atoms with Gasteiger partial charge >= 0.3 is 0 Å². The maximum absolute atomic E-state index is 13.3. The minimum absolute atomic E-state index is 0.0683. The van der Waals surface area contributed by atoms with Gasteiger partial charge in [0.1, 0.15) is 5.82 Å². The van der Waals surface area contributed by atoms with Gasteiger partial charge in [0.05, 0.1) is 6.10 Å². The zero-order valence-electron chi connectivity index (χ0n) is 7.42. The van der Waals surface area contributed by atoms with Crippen molar-refractivity contribution >= 4 is 21.8 Å². The monoisotopic (exact) mass is 261 g/mol. The molecule has 3 N–H and O–H groups in total. The number of amides is 1. The lowest BCUT2D eigenvalue weighted by Gasteiger charge is -2.09. The van der Waals surface area contributed by atoms with Crippen LogP contribution in [0, 0.1) is 5.82 Å². The van der Waals surface area contributed by atoms with Crippen LogP contribution in [0.2, 0.25) is 0 Å². The van der Waals surface area contributed by atoms with Gasteiger partial charge < -0.3 is 10.8 Å². The average Bonchev–Trinajstić information content (AvgIpc) is 2.01. The zero-order valence-corrected chi connectivity index (χ0v) is 9.01. The number of hydrogen-bond donors (Lipinski definition) is 2. The molecular weight excluding hydrogens is 253 g/mol. The lowest BCUT2D eigenvalue weighted by Crippen LogP contribution is -2.12. The van der Waals surface area contributed by atoms with Crippen molar-refractivity contribution in [2.75, 3.05) is 0 Å². The number of benzene rings is 1. The van der Waals surface area contributed by atoms with Crippen LogP contribution in [0.25, 0.3) is 0 Å². The summed E-state index contributed by atoms with van der Waals surface area (Å²) in [4.78, 5) is 10.8. The van der Waals surface area contributed by atoms with E-state index in [1.807, 2.05) is 0 Å². The standard InChI is InChI=1S/C9H9BrFNO2/c1-4(13)8-6(10)2-5(9(12)14)3-7(8)11/h2-4,13H,1H3,(H2,12,14). The van der Waals surface area contributed by atoms with E-state index in [1.165, 1.54) is 13.0 Å². The number of halogens is 2. The molecule has 1 amide bonds. The zero-order chi connectivity index (χ0) is 10.9. The molecule has 14 heavy (non-hydrogen) atoms. The van der Waals surface area contributed by atoms with Crippen LogP contribution in [0.1, 0.15) is 28.9 Å². The first-order valence-electron chi connectivity index (χ1n) is 3.90. The number of primary amides is 1. The predicted octanol–water partition coefficient (Wildman–Crippen LogP) is 1.74. The Morgan fingerprint density at radius 2 is 2.21 bits per heavy atom. The third-order valence-electron chi connectivity index (χ3n) is 1.78. The largest absolute Gasteiger partial charge is 0.389 e. The van der Waals surface area contributed by atoms with Crippen LogP contribution < -0.4 is 5.73 Å². The highest BCUT2D eigenvalue weighted by Crippen LogP contribution is 2.27. The first-order valence-corrected chi connectivity index (χ1v) is 4.69. The minimum atomic E-state index is -0.939. The summed E-state index contributed by atoms with van der Waals surface area (Å²) in [6.07, 6.45) is -0.939. The van der Waals surface area contributed by atoms with E-state index in [0.717, 1.165) is 6.07 Å². The predicted molar refractivity (Wildman–Crippen MR) is 53.3 cm³/mol. The Morgan fingerprint density at radius 3 is 2.57 bits per heavy atom. The molecule has 5 heteroatoms. The fourth-order valence-electron chi connectivity index (χ4n) is 1.13. The van der Waals surface area contributed by atoms with Crippen LogP contribution in [-0.2, 0) is 0 Å². The lowest BCUT2D eigenvalue weighted by atomic mass is 10.1. The van der Waals surface area contributed by atoms with Gasteiger partial charge in [-0.15, -0.1) is 0 Å². The molecule has 0 aromatic heterocycles. The second-order valence-corrected chi connectivity index (χ2v) is 3.75. The minimum Gasteiger partial charge on any atom is -0.389 e. The third-order valence-corrected chi connectivity index (χ3v) is 2.44. The van der Waals surface area contributed by atoms with Crippen LogP contribution in [0.15, 0.2) is 16.6 Å². The summed E-state index contributed by atoms with van der Waals surface area (Å²) in [5.41, 5.74) is 5.18. The second-order valence-electron chi connectivity index (χ2n) is 2.89. The molecule has 0 aliphatic rings. The molecule has 0 spiro atoms. The summed E-state index contributed by atoms with van der Waals surface area (Å²) in [6, 6.07) is 2.39. The maximum atomic E-state index is 13.3. The Balaban J connectivity index is 3.32. The van der Waals surface area contributed by atoms with E-state index >= 15 is 0 Å². The van der Waals surface area contributed by atoms with Gasteiger partial charge in [-0.05, 0) is 19.1 Å². The highest BCUT2D eigenvalue weighted by Gasteiger charge is 2.15. The summed E-state index contributed by atoms with van der Waals surface area (Å²) in [6.45, 7) is 1.44. The fourth-order valence-corrected chi connectivity index (χ4v) is 1.89. The first kappa shape index (κ1) is 11.1. The van der Waals surface area contributed by atoms with Crippen molar-refractivity contribution in [3.05, 3.63) is 33.5 Å². The normalized spacial score (nSPS) is 12.6. The molecule has 0 aliphatic heterocycles. The van der Waals surface area contributed by atoms with E-state index in [-0.39, 0.29) is 11.1 Å². The molecule has 3 nitrogen and oxygen atoms in total. The molecule has 1 aromatic carbocycles. The number of aliphatic hydroxyl groups excluding tert-OH is 1. The number of carbonyl (C=O) groups excluding carboxylic acids is 1. The second kappa shape index (κ2) is 4.06. The van der Waals surface area contributed by atoms with E-state index in [4.69, 9.17) is 5.73 Å². The summed E-state index contributed by atoms with van der Waals surface area (Å²) in [5, 5.41) is 9.23. The quantitative estimate of drug-likeness (QED) is 0.852. The Kier molecular flexibility index (Phi) is 3.23.